The van der Waals surface area contributed by atoms with Gasteiger partial charge in [-0.05, 0) is 39.5 Å². The van der Waals surface area contributed by atoms with Crippen LogP contribution in [0.4, 0.5) is 0 Å². The highest BCUT2D eigenvalue weighted by Gasteiger charge is 2.08. The van der Waals surface area contributed by atoms with Crippen LogP contribution in [0.1, 0.15) is 46.5 Å². The van der Waals surface area contributed by atoms with Gasteiger partial charge < -0.3 is 0 Å². The highest BCUT2D eigenvalue weighted by Crippen LogP contribution is 2.27. The van der Waals surface area contributed by atoms with Crippen LogP contribution in [0.25, 0.3) is 0 Å². The van der Waals surface area contributed by atoms with Crippen LogP contribution < -0.4 is 0 Å². The average molecular weight is 176 g/mol. The summed E-state index contributed by atoms with van der Waals surface area (Å²) in [4.78, 5) is 0. The smallest absolute Gasteiger partial charge is 0.0102 e. The van der Waals surface area contributed by atoms with E-state index >= 15 is 0 Å². The fourth-order valence-electron chi connectivity index (χ4n) is 1.83. The monoisotopic (exact) mass is 176 g/mol. The van der Waals surface area contributed by atoms with E-state index in [1.807, 2.05) is 0 Å². The molecule has 1 rings (SSSR count). The number of allylic oxidation sites excluding steroid dienone is 6. The van der Waals surface area contributed by atoms with E-state index in [0.29, 0.717) is 0 Å². The third kappa shape index (κ3) is 3.22. The largest absolute Gasteiger partial charge is 0.0888 e. The molecule has 0 unspecified atom stereocenters. The van der Waals surface area contributed by atoms with Gasteiger partial charge in [-0.3, -0.25) is 0 Å². The van der Waals surface area contributed by atoms with Crippen molar-refractivity contribution in [2.45, 2.75) is 46.5 Å². The molecule has 1 aliphatic carbocycles. The zero-order valence-corrected chi connectivity index (χ0v) is 9.06. The highest BCUT2D eigenvalue weighted by molar-refractivity contribution is 5.36. The molecule has 0 bridgehead atoms. The van der Waals surface area contributed by atoms with Crippen molar-refractivity contribution in [2.75, 3.05) is 0 Å². The summed E-state index contributed by atoms with van der Waals surface area (Å²) in [5, 5.41) is 0. The Kier molecular flexibility index (Phi) is 4.01. The van der Waals surface area contributed by atoms with Gasteiger partial charge in [0, 0.05) is 0 Å². The molecule has 0 heterocycles. The molecule has 0 aromatic heterocycles. The third-order valence-corrected chi connectivity index (χ3v) is 2.53. The van der Waals surface area contributed by atoms with Gasteiger partial charge in [-0.1, -0.05) is 41.9 Å². The van der Waals surface area contributed by atoms with Crippen LogP contribution in [-0.2, 0) is 0 Å². The number of hydrogen-bond acceptors (Lipinski definition) is 0. The lowest BCUT2D eigenvalue weighted by Crippen LogP contribution is -1.81. The van der Waals surface area contributed by atoms with Crippen LogP contribution in [0.3, 0.4) is 0 Å². The van der Waals surface area contributed by atoms with Crippen LogP contribution in [0.2, 0.25) is 0 Å². The van der Waals surface area contributed by atoms with E-state index in [0.717, 1.165) is 6.42 Å². The normalized spacial score (nSPS) is 17.3. The van der Waals surface area contributed by atoms with Crippen molar-refractivity contribution in [3.63, 3.8) is 0 Å². The molecule has 72 valence electrons. The summed E-state index contributed by atoms with van der Waals surface area (Å²) in [5.41, 5.74) is 4.66. The topological polar surface area (TPSA) is 0 Å². The summed E-state index contributed by atoms with van der Waals surface area (Å²) in [7, 11) is 0. The van der Waals surface area contributed by atoms with Crippen molar-refractivity contribution in [2.24, 2.45) is 0 Å². The second kappa shape index (κ2) is 5.06. The summed E-state index contributed by atoms with van der Waals surface area (Å²) >= 11 is 0. The first-order valence-electron chi connectivity index (χ1n) is 5.24. The standard InChI is InChI=1S/C13H20/c1-4-5-6-7-8-13-10-11(2)9-12(13)3/h5-6,9H,4,7-8,10H2,1-3H3/b6-5-. The summed E-state index contributed by atoms with van der Waals surface area (Å²) in [6.07, 6.45) is 11.7. The van der Waals surface area contributed by atoms with Crippen LogP contribution in [-0.4, -0.2) is 0 Å². The second-order valence-corrected chi connectivity index (χ2v) is 3.87. The molecule has 0 aromatic carbocycles. The molecule has 0 atom stereocenters. The molecular formula is C13H20. The summed E-state index contributed by atoms with van der Waals surface area (Å²) in [6, 6.07) is 0. The molecule has 0 N–H and O–H groups in total. The molecule has 0 aromatic rings. The minimum atomic E-state index is 1.16. The van der Waals surface area contributed by atoms with Crippen molar-refractivity contribution in [1.82, 2.24) is 0 Å². The quantitative estimate of drug-likeness (QED) is 0.557. The molecular weight excluding hydrogens is 156 g/mol. The lowest BCUT2D eigenvalue weighted by Gasteiger charge is -2.01. The molecule has 0 nitrogen and oxygen atoms in total. The van der Waals surface area contributed by atoms with Crippen LogP contribution in [0, 0.1) is 0 Å². The Morgan fingerprint density at radius 3 is 2.62 bits per heavy atom. The van der Waals surface area contributed by atoms with Crippen LogP contribution in [0.5, 0.6) is 0 Å². The van der Waals surface area contributed by atoms with Crippen LogP contribution in [0.15, 0.2) is 34.9 Å². The fourth-order valence-corrected chi connectivity index (χ4v) is 1.83. The second-order valence-electron chi connectivity index (χ2n) is 3.87. The maximum absolute atomic E-state index is 2.32. The predicted octanol–water partition coefficient (Wildman–Crippen LogP) is 4.40. The van der Waals surface area contributed by atoms with Crippen molar-refractivity contribution < 1.29 is 0 Å². The van der Waals surface area contributed by atoms with E-state index in [9.17, 15) is 0 Å². The van der Waals surface area contributed by atoms with Gasteiger partial charge in [-0.15, -0.1) is 0 Å². The molecule has 0 saturated heterocycles. The molecule has 0 spiro atoms. The molecule has 0 heteroatoms. The molecule has 0 aliphatic heterocycles. The molecule has 1 aliphatic rings. The van der Waals surface area contributed by atoms with E-state index in [4.69, 9.17) is 0 Å². The summed E-state index contributed by atoms with van der Waals surface area (Å²) < 4.78 is 0. The Morgan fingerprint density at radius 2 is 2.08 bits per heavy atom. The summed E-state index contributed by atoms with van der Waals surface area (Å²) in [5.74, 6) is 0. The average Bonchev–Trinajstić information content (AvgIpc) is 2.39. The maximum atomic E-state index is 2.32. The van der Waals surface area contributed by atoms with E-state index in [1.54, 1.807) is 5.57 Å². The first-order valence-corrected chi connectivity index (χ1v) is 5.24. The Morgan fingerprint density at radius 1 is 1.31 bits per heavy atom. The van der Waals surface area contributed by atoms with E-state index in [1.165, 1.54) is 30.4 Å². The molecule has 0 radical (unpaired) electrons. The molecule has 0 fully saturated rings. The molecule has 0 amide bonds. The number of rotatable bonds is 4. The minimum absolute atomic E-state index is 1.16. The minimum Gasteiger partial charge on any atom is -0.0888 e. The Balaban J connectivity index is 2.32. The van der Waals surface area contributed by atoms with Crippen molar-refractivity contribution in [1.29, 1.82) is 0 Å². The lowest BCUT2D eigenvalue weighted by molar-refractivity contribution is 0.920. The first kappa shape index (κ1) is 10.3. The fraction of sp³-hybridized carbons (Fsp3) is 0.538. The van der Waals surface area contributed by atoms with Gasteiger partial charge in [0.2, 0.25) is 0 Å². The van der Waals surface area contributed by atoms with Gasteiger partial charge in [0.1, 0.15) is 0 Å². The predicted molar refractivity (Wildman–Crippen MR) is 59.7 cm³/mol. The Labute approximate surface area is 82.0 Å². The van der Waals surface area contributed by atoms with Crippen molar-refractivity contribution in [3.8, 4) is 0 Å². The van der Waals surface area contributed by atoms with Gasteiger partial charge in [0.15, 0.2) is 0 Å². The van der Waals surface area contributed by atoms with Crippen molar-refractivity contribution in [3.05, 3.63) is 34.9 Å². The Hall–Kier alpha value is -0.780. The Bertz CT molecular complexity index is 251. The molecule has 13 heavy (non-hydrogen) atoms. The SMILES string of the molecule is CC/C=C\CCC1=C(C)C=C(C)C1. The first-order chi connectivity index (χ1) is 6.24. The van der Waals surface area contributed by atoms with Gasteiger partial charge in [-0.25, -0.2) is 0 Å². The third-order valence-electron chi connectivity index (χ3n) is 2.53. The summed E-state index contributed by atoms with van der Waals surface area (Å²) in [6.45, 7) is 6.63. The zero-order valence-electron chi connectivity index (χ0n) is 9.06. The van der Waals surface area contributed by atoms with E-state index < -0.39 is 0 Å². The number of hydrogen-bond donors (Lipinski definition) is 0. The van der Waals surface area contributed by atoms with Gasteiger partial charge in [-0.2, -0.15) is 0 Å². The van der Waals surface area contributed by atoms with Gasteiger partial charge in [0.05, 0.1) is 0 Å². The zero-order chi connectivity index (χ0) is 9.68. The van der Waals surface area contributed by atoms with E-state index in [-0.39, 0.29) is 0 Å². The lowest BCUT2D eigenvalue weighted by atomic mass is 10.0. The highest BCUT2D eigenvalue weighted by atomic mass is 14.1. The van der Waals surface area contributed by atoms with E-state index in [2.05, 4.69) is 39.0 Å². The maximum Gasteiger partial charge on any atom is -0.0102 e. The molecule has 0 saturated carbocycles. The van der Waals surface area contributed by atoms with Gasteiger partial charge in [0.25, 0.3) is 0 Å². The van der Waals surface area contributed by atoms with Crippen LogP contribution >= 0.6 is 0 Å². The van der Waals surface area contributed by atoms with Crippen molar-refractivity contribution >= 4 is 0 Å². The van der Waals surface area contributed by atoms with Gasteiger partial charge >= 0.3 is 0 Å².